The summed E-state index contributed by atoms with van der Waals surface area (Å²) >= 11 is 1.39. The quantitative estimate of drug-likeness (QED) is 0.814. The summed E-state index contributed by atoms with van der Waals surface area (Å²) in [5, 5.41) is 11.9. The zero-order chi connectivity index (χ0) is 11.4. The minimum atomic E-state index is -0.476. The largest absolute Gasteiger partial charge is 0.320 e. The highest BCUT2D eigenvalue weighted by Crippen LogP contribution is 2.22. The second kappa shape index (κ2) is 5.18. The van der Waals surface area contributed by atoms with Crippen molar-refractivity contribution < 1.29 is 4.79 Å². The van der Waals surface area contributed by atoms with Gasteiger partial charge in [0.1, 0.15) is 5.01 Å². The van der Waals surface area contributed by atoms with Crippen LogP contribution in [0, 0.1) is 0 Å². The van der Waals surface area contributed by atoms with Gasteiger partial charge in [-0.15, -0.1) is 10.2 Å². The SMILES string of the molecule is CC[C@H](N)C(=O)Nc1nnc(C(C)C)s1. The summed E-state index contributed by atoms with van der Waals surface area (Å²) in [5.74, 6) is 0.122. The number of hydrogen-bond acceptors (Lipinski definition) is 5. The molecule has 0 saturated carbocycles. The number of aromatic nitrogens is 2. The molecule has 84 valence electrons. The zero-order valence-corrected chi connectivity index (χ0v) is 9.97. The first-order valence-electron chi connectivity index (χ1n) is 4.94. The average molecular weight is 228 g/mol. The number of anilines is 1. The minimum absolute atomic E-state index is 0.205. The van der Waals surface area contributed by atoms with E-state index in [1.807, 2.05) is 20.8 Å². The average Bonchev–Trinajstić information content (AvgIpc) is 2.65. The highest BCUT2D eigenvalue weighted by molar-refractivity contribution is 7.15. The maximum atomic E-state index is 11.4. The Balaban J connectivity index is 2.61. The Hall–Kier alpha value is -1.01. The fraction of sp³-hybridized carbons (Fsp3) is 0.667. The van der Waals surface area contributed by atoms with Gasteiger partial charge in [0.2, 0.25) is 11.0 Å². The fourth-order valence-corrected chi connectivity index (χ4v) is 1.65. The van der Waals surface area contributed by atoms with Crippen LogP contribution in [0.4, 0.5) is 5.13 Å². The summed E-state index contributed by atoms with van der Waals surface area (Å²) in [7, 11) is 0. The van der Waals surface area contributed by atoms with E-state index < -0.39 is 6.04 Å². The number of rotatable bonds is 4. The van der Waals surface area contributed by atoms with Gasteiger partial charge in [0.15, 0.2) is 0 Å². The number of carbonyl (C=O) groups excluding carboxylic acids is 1. The number of carbonyl (C=O) groups is 1. The van der Waals surface area contributed by atoms with E-state index in [9.17, 15) is 4.79 Å². The Morgan fingerprint density at radius 1 is 1.53 bits per heavy atom. The van der Waals surface area contributed by atoms with Crippen LogP contribution in [0.5, 0.6) is 0 Å². The molecular weight excluding hydrogens is 212 g/mol. The molecule has 0 aliphatic heterocycles. The summed E-state index contributed by atoms with van der Waals surface area (Å²) in [6.07, 6.45) is 0.613. The summed E-state index contributed by atoms with van der Waals surface area (Å²) < 4.78 is 0. The predicted octanol–water partition coefficient (Wildman–Crippen LogP) is 1.34. The van der Waals surface area contributed by atoms with E-state index in [4.69, 9.17) is 5.73 Å². The molecule has 0 radical (unpaired) electrons. The Morgan fingerprint density at radius 2 is 2.20 bits per heavy atom. The van der Waals surface area contributed by atoms with Crippen LogP contribution >= 0.6 is 11.3 Å². The van der Waals surface area contributed by atoms with Gasteiger partial charge in [-0.3, -0.25) is 10.1 Å². The maximum Gasteiger partial charge on any atom is 0.243 e. The van der Waals surface area contributed by atoms with Crippen LogP contribution in [0.15, 0.2) is 0 Å². The van der Waals surface area contributed by atoms with E-state index >= 15 is 0 Å². The standard InChI is InChI=1S/C9H16N4OS/c1-4-6(10)7(14)11-9-13-12-8(15-9)5(2)3/h5-6H,4,10H2,1-3H3,(H,11,13,14)/t6-/m0/s1. The van der Waals surface area contributed by atoms with E-state index in [-0.39, 0.29) is 5.91 Å². The Labute approximate surface area is 93.1 Å². The Kier molecular flexibility index (Phi) is 4.16. The van der Waals surface area contributed by atoms with Gasteiger partial charge in [-0.2, -0.15) is 0 Å². The molecule has 15 heavy (non-hydrogen) atoms. The molecule has 1 heterocycles. The maximum absolute atomic E-state index is 11.4. The van der Waals surface area contributed by atoms with Gasteiger partial charge in [-0.1, -0.05) is 32.1 Å². The van der Waals surface area contributed by atoms with E-state index in [2.05, 4.69) is 15.5 Å². The van der Waals surface area contributed by atoms with Crippen LogP contribution in [-0.2, 0) is 4.79 Å². The molecule has 6 heteroatoms. The minimum Gasteiger partial charge on any atom is -0.320 e. The number of nitrogens with two attached hydrogens (primary N) is 1. The molecule has 1 atom stereocenters. The number of hydrogen-bond donors (Lipinski definition) is 2. The molecule has 0 fully saturated rings. The van der Waals surface area contributed by atoms with Crippen LogP contribution in [0.2, 0.25) is 0 Å². The van der Waals surface area contributed by atoms with E-state index in [1.54, 1.807) is 0 Å². The van der Waals surface area contributed by atoms with Crippen molar-refractivity contribution in [1.82, 2.24) is 10.2 Å². The normalized spacial score (nSPS) is 12.9. The Morgan fingerprint density at radius 3 is 2.67 bits per heavy atom. The van der Waals surface area contributed by atoms with Crippen LogP contribution in [0.1, 0.15) is 38.1 Å². The van der Waals surface area contributed by atoms with Gasteiger partial charge in [-0.05, 0) is 6.42 Å². The molecule has 0 unspecified atom stereocenters. The fourth-order valence-electron chi connectivity index (χ4n) is 0.902. The zero-order valence-electron chi connectivity index (χ0n) is 9.15. The molecule has 1 rings (SSSR count). The highest BCUT2D eigenvalue weighted by atomic mass is 32.1. The number of amides is 1. The molecule has 5 nitrogen and oxygen atoms in total. The molecule has 1 amide bonds. The van der Waals surface area contributed by atoms with Gasteiger partial charge >= 0.3 is 0 Å². The molecule has 3 N–H and O–H groups in total. The summed E-state index contributed by atoms with van der Waals surface area (Å²) in [5.41, 5.74) is 5.58. The van der Waals surface area contributed by atoms with Crippen molar-refractivity contribution in [2.45, 2.75) is 39.2 Å². The lowest BCUT2D eigenvalue weighted by molar-refractivity contribution is -0.117. The van der Waals surface area contributed by atoms with Crippen molar-refractivity contribution in [2.75, 3.05) is 5.32 Å². The van der Waals surface area contributed by atoms with Crippen LogP contribution in [-0.4, -0.2) is 22.1 Å². The molecule has 0 aliphatic rings. The Bertz CT molecular complexity index is 337. The summed E-state index contributed by atoms with van der Waals surface area (Å²) in [6, 6.07) is -0.476. The molecule has 0 aromatic carbocycles. The van der Waals surface area contributed by atoms with E-state index in [1.165, 1.54) is 11.3 Å². The summed E-state index contributed by atoms with van der Waals surface area (Å²) in [6.45, 7) is 5.93. The van der Waals surface area contributed by atoms with Gasteiger partial charge in [0, 0.05) is 5.92 Å². The molecule has 0 bridgehead atoms. The van der Waals surface area contributed by atoms with E-state index in [0.29, 0.717) is 17.5 Å². The van der Waals surface area contributed by atoms with Gasteiger partial charge in [-0.25, -0.2) is 0 Å². The van der Waals surface area contributed by atoms with Crippen LogP contribution in [0.3, 0.4) is 0 Å². The van der Waals surface area contributed by atoms with Gasteiger partial charge < -0.3 is 5.73 Å². The summed E-state index contributed by atoms with van der Waals surface area (Å²) in [4.78, 5) is 11.4. The third kappa shape index (κ3) is 3.24. The topological polar surface area (TPSA) is 80.9 Å². The van der Waals surface area contributed by atoms with Crippen LogP contribution in [0.25, 0.3) is 0 Å². The lowest BCUT2D eigenvalue weighted by atomic mass is 10.2. The van der Waals surface area contributed by atoms with Crippen molar-refractivity contribution in [3.63, 3.8) is 0 Å². The molecule has 1 aromatic heterocycles. The first-order valence-corrected chi connectivity index (χ1v) is 5.76. The smallest absolute Gasteiger partial charge is 0.243 e. The molecule has 0 saturated heterocycles. The predicted molar refractivity (Wildman–Crippen MR) is 60.9 cm³/mol. The van der Waals surface area contributed by atoms with Crippen molar-refractivity contribution >= 4 is 22.4 Å². The van der Waals surface area contributed by atoms with Crippen molar-refractivity contribution in [1.29, 1.82) is 0 Å². The third-order valence-electron chi connectivity index (χ3n) is 1.94. The lowest BCUT2D eigenvalue weighted by Crippen LogP contribution is -2.34. The molecule has 0 aliphatic carbocycles. The van der Waals surface area contributed by atoms with Crippen molar-refractivity contribution in [2.24, 2.45) is 5.73 Å². The lowest BCUT2D eigenvalue weighted by Gasteiger charge is -2.06. The van der Waals surface area contributed by atoms with Gasteiger partial charge in [0.25, 0.3) is 0 Å². The second-order valence-electron chi connectivity index (χ2n) is 3.60. The van der Waals surface area contributed by atoms with Crippen molar-refractivity contribution in [3.05, 3.63) is 5.01 Å². The monoisotopic (exact) mass is 228 g/mol. The first kappa shape index (κ1) is 12.1. The number of nitrogens with zero attached hydrogens (tertiary/aromatic N) is 2. The van der Waals surface area contributed by atoms with E-state index in [0.717, 1.165) is 5.01 Å². The third-order valence-corrected chi connectivity index (χ3v) is 3.08. The second-order valence-corrected chi connectivity index (χ2v) is 4.61. The van der Waals surface area contributed by atoms with Gasteiger partial charge in [0.05, 0.1) is 6.04 Å². The number of nitrogens with one attached hydrogen (secondary N) is 1. The molecule has 0 spiro atoms. The molecule has 1 aromatic rings. The van der Waals surface area contributed by atoms with Crippen LogP contribution < -0.4 is 11.1 Å². The molecular formula is C9H16N4OS. The van der Waals surface area contributed by atoms with Crippen molar-refractivity contribution in [3.8, 4) is 0 Å². The first-order chi connectivity index (χ1) is 7.04. The highest BCUT2D eigenvalue weighted by Gasteiger charge is 2.14.